The molecule has 1 N–H and O–H groups in total. The number of aromatic nitrogens is 3. The van der Waals surface area contributed by atoms with Crippen LogP contribution in [0, 0.1) is 13.8 Å². The Morgan fingerprint density at radius 1 is 1.13 bits per heavy atom. The number of nitrogens with zero attached hydrogens (tertiary/aromatic N) is 2. The first-order chi connectivity index (χ1) is 7.15. The van der Waals surface area contributed by atoms with Crippen molar-refractivity contribution >= 4 is 0 Å². The number of H-pyrrole nitrogens is 1. The zero-order valence-electron chi connectivity index (χ0n) is 8.61. The molecule has 2 aromatic heterocycles. The van der Waals surface area contributed by atoms with Gasteiger partial charge < -0.3 is 0 Å². The number of pyridine rings is 1. The molecule has 0 bridgehead atoms. The number of nitrogens with one attached hydrogen (secondary N) is 1. The van der Waals surface area contributed by atoms with Crippen LogP contribution in [-0.2, 0) is 0 Å². The Labute approximate surface area is 87.0 Å². The lowest BCUT2D eigenvalue weighted by Gasteiger charge is -2.02. The van der Waals surface area contributed by atoms with Crippen LogP contribution in [0.25, 0.3) is 11.3 Å². The topological polar surface area (TPSA) is 58.6 Å². The predicted molar refractivity (Wildman–Crippen MR) is 57.6 cm³/mol. The average Bonchev–Trinajstić information content (AvgIpc) is 2.17. The van der Waals surface area contributed by atoms with Crippen LogP contribution < -0.4 is 5.56 Å². The molecule has 0 saturated heterocycles. The molecule has 0 aromatic carbocycles. The van der Waals surface area contributed by atoms with Gasteiger partial charge in [0.05, 0.1) is 5.69 Å². The van der Waals surface area contributed by atoms with Crippen LogP contribution in [0.5, 0.6) is 0 Å². The van der Waals surface area contributed by atoms with Crippen molar-refractivity contribution in [1.82, 2.24) is 15.2 Å². The number of aromatic amines is 1. The second-order valence-corrected chi connectivity index (χ2v) is 3.45. The lowest BCUT2D eigenvalue weighted by Crippen LogP contribution is -2.05. The summed E-state index contributed by atoms with van der Waals surface area (Å²) in [5, 5.41) is 6.38. The quantitative estimate of drug-likeness (QED) is 0.759. The largest absolute Gasteiger partial charge is 0.268 e. The van der Waals surface area contributed by atoms with Crippen LogP contribution in [-0.4, -0.2) is 15.2 Å². The summed E-state index contributed by atoms with van der Waals surface area (Å²) in [7, 11) is 0. The molecule has 0 aliphatic rings. The third kappa shape index (κ3) is 2.10. The van der Waals surface area contributed by atoms with E-state index in [4.69, 9.17) is 0 Å². The van der Waals surface area contributed by atoms with Crippen LogP contribution in [0.1, 0.15) is 11.4 Å². The van der Waals surface area contributed by atoms with Crippen molar-refractivity contribution in [3.8, 4) is 11.3 Å². The third-order valence-corrected chi connectivity index (χ3v) is 2.06. The van der Waals surface area contributed by atoms with Crippen molar-refractivity contribution in [2.75, 3.05) is 0 Å². The summed E-state index contributed by atoms with van der Waals surface area (Å²) >= 11 is 0. The van der Waals surface area contributed by atoms with Crippen LogP contribution >= 0.6 is 0 Å². The maximum Gasteiger partial charge on any atom is 0.264 e. The maximum absolute atomic E-state index is 10.9. The van der Waals surface area contributed by atoms with E-state index < -0.39 is 0 Å². The molecule has 0 aliphatic heterocycles. The van der Waals surface area contributed by atoms with Gasteiger partial charge in [0.25, 0.3) is 5.56 Å². The molecule has 0 saturated carbocycles. The molecule has 15 heavy (non-hydrogen) atoms. The van der Waals surface area contributed by atoms with Gasteiger partial charge in [0.15, 0.2) is 0 Å². The molecule has 2 rings (SSSR count). The molecule has 0 spiro atoms. The van der Waals surface area contributed by atoms with E-state index in [9.17, 15) is 4.79 Å². The highest BCUT2D eigenvalue weighted by Crippen LogP contribution is 2.16. The van der Waals surface area contributed by atoms with Crippen molar-refractivity contribution in [3.05, 3.63) is 46.0 Å². The summed E-state index contributed by atoms with van der Waals surface area (Å²) in [5.74, 6) is 0. The van der Waals surface area contributed by atoms with Crippen LogP contribution in [0.15, 0.2) is 29.1 Å². The smallest absolute Gasteiger partial charge is 0.264 e. The second-order valence-electron chi connectivity index (χ2n) is 3.45. The Kier molecular flexibility index (Phi) is 2.33. The minimum atomic E-state index is -0.193. The Hall–Kier alpha value is -1.97. The SMILES string of the molecule is Cc1cc(-c2ccc(=O)[nH]n2)cc(C)n1. The fourth-order valence-electron chi connectivity index (χ4n) is 1.49. The molecule has 0 radical (unpaired) electrons. The highest BCUT2D eigenvalue weighted by molar-refractivity contribution is 5.58. The first kappa shape index (κ1) is 9.58. The lowest BCUT2D eigenvalue weighted by molar-refractivity contribution is 0.992. The molecule has 76 valence electrons. The van der Waals surface area contributed by atoms with E-state index in [1.807, 2.05) is 26.0 Å². The molecule has 4 heteroatoms. The number of hydrogen-bond acceptors (Lipinski definition) is 3. The van der Waals surface area contributed by atoms with Gasteiger partial charge in [0.1, 0.15) is 0 Å². The van der Waals surface area contributed by atoms with Gasteiger partial charge >= 0.3 is 0 Å². The van der Waals surface area contributed by atoms with Crippen molar-refractivity contribution < 1.29 is 0 Å². The van der Waals surface area contributed by atoms with Gasteiger partial charge in [0, 0.05) is 23.0 Å². The number of hydrogen-bond donors (Lipinski definition) is 1. The molecule has 0 aliphatic carbocycles. The Morgan fingerprint density at radius 2 is 1.80 bits per heavy atom. The van der Waals surface area contributed by atoms with Gasteiger partial charge in [-0.05, 0) is 32.0 Å². The molecular weight excluding hydrogens is 190 g/mol. The third-order valence-electron chi connectivity index (χ3n) is 2.06. The summed E-state index contributed by atoms with van der Waals surface area (Å²) in [6.07, 6.45) is 0. The first-order valence-electron chi connectivity index (χ1n) is 4.66. The molecule has 2 aromatic rings. The summed E-state index contributed by atoms with van der Waals surface area (Å²) in [5.41, 5.74) is 3.41. The maximum atomic E-state index is 10.9. The minimum Gasteiger partial charge on any atom is -0.268 e. The Balaban J connectivity index is 2.53. The van der Waals surface area contributed by atoms with E-state index in [-0.39, 0.29) is 5.56 Å². The van der Waals surface area contributed by atoms with Crippen LogP contribution in [0.3, 0.4) is 0 Å². The monoisotopic (exact) mass is 201 g/mol. The Bertz CT molecular complexity index is 505. The van der Waals surface area contributed by atoms with Crippen molar-refractivity contribution in [2.45, 2.75) is 13.8 Å². The number of rotatable bonds is 1. The van der Waals surface area contributed by atoms with Gasteiger partial charge in [-0.15, -0.1) is 0 Å². The normalized spacial score (nSPS) is 10.3. The second kappa shape index (κ2) is 3.65. The molecule has 0 atom stereocenters. The first-order valence-corrected chi connectivity index (χ1v) is 4.66. The number of aryl methyl sites for hydroxylation is 2. The van der Waals surface area contributed by atoms with Gasteiger partial charge in [-0.1, -0.05) is 0 Å². The molecule has 0 fully saturated rings. The van der Waals surface area contributed by atoms with Gasteiger partial charge in [-0.2, -0.15) is 5.10 Å². The van der Waals surface area contributed by atoms with E-state index in [1.165, 1.54) is 6.07 Å². The lowest BCUT2D eigenvalue weighted by atomic mass is 10.1. The van der Waals surface area contributed by atoms with Gasteiger partial charge in [0.2, 0.25) is 0 Å². The highest BCUT2D eigenvalue weighted by Gasteiger charge is 2.01. The highest BCUT2D eigenvalue weighted by atomic mass is 16.1. The van der Waals surface area contributed by atoms with E-state index in [2.05, 4.69) is 15.2 Å². The fraction of sp³-hybridized carbons (Fsp3) is 0.182. The molecule has 4 nitrogen and oxygen atoms in total. The van der Waals surface area contributed by atoms with Crippen molar-refractivity contribution in [1.29, 1.82) is 0 Å². The fourth-order valence-corrected chi connectivity index (χ4v) is 1.49. The molecular formula is C11H11N3O. The molecule has 0 unspecified atom stereocenters. The Morgan fingerprint density at radius 3 is 2.33 bits per heavy atom. The molecule has 2 heterocycles. The van der Waals surface area contributed by atoms with Crippen molar-refractivity contribution in [3.63, 3.8) is 0 Å². The summed E-state index contributed by atoms with van der Waals surface area (Å²) < 4.78 is 0. The summed E-state index contributed by atoms with van der Waals surface area (Å²) in [6.45, 7) is 3.87. The van der Waals surface area contributed by atoms with Crippen LogP contribution in [0.4, 0.5) is 0 Å². The minimum absolute atomic E-state index is 0.193. The van der Waals surface area contributed by atoms with E-state index in [0.717, 1.165) is 22.6 Å². The van der Waals surface area contributed by atoms with Gasteiger partial charge in [-0.25, -0.2) is 5.10 Å². The van der Waals surface area contributed by atoms with E-state index in [0.29, 0.717) is 0 Å². The standard InChI is InChI=1S/C11H11N3O/c1-7-5-9(6-8(2)12-7)10-3-4-11(15)14-13-10/h3-6H,1-2H3,(H,14,15). The zero-order chi connectivity index (χ0) is 10.8. The zero-order valence-corrected chi connectivity index (χ0v) is 8.61. The van der Waals surface area contributed by atoms with Crippen LogP contribution in [0.2, 0.25) is 0 Å². The van der Waals surface area contributed by atoms with Crippen molar-refractivity contribution in [2.24, 2.45) is 0 Å². The average molecular weight is 201 g/mol. The van der Waals surface area contributed by atoms with Gasteiger partial charge in [-0.3, -0.25) is 9.78 Å². The summed E-state index contributed by atoms with van der Waals surface area (Å²) in [4.78, 5) is 15.1. The van der Waals surface area contributed by atoms with E-state index in [1.54, 1.807) is 6.07 Å². The van der Waals surface area contributed by atoms with E-state index >= 15 is 0 Å². The molecule has 0 amide bonds. The summed E-state index contributed by atoms with van der Waals surface area (Å²) in [6, 6.07) is 7.04. The predicted octanol–water partition coefficient (Wildman–Crippen LogP) is 1.45.